The Labute approximate surface area is 116 Å². The van der Waals surface area contributed by atoms with Crippen molar-refractivity contribution in [1.82, 2.24) is 0 Å². The number of benzene rings is 1. The molecule has 3 nitrogen and oxygen atoms in total. The van der Waals surface area contributed by atoms with Crippen LogP contribution in [0.25, 0.3) is 0 Å². The molecule has 1 N–H and O–H groups in total. The Hall–Kier alpha value is -1.81. The summed E-state index contributed by atoms with van der Waals surface area (Å²) in [6.07, 6.45) is 2.21. The van der Waals surface area contributed by atoms with Crippen molar-refractivity contribution in [1.29, 1.82) is 0 Å². The maximum atomic E-state index is 10.8. The van der Waals surface area contributed by atoms with E-state index in [1.807, 2.05) is 17.5 Å². The molecule has 4 heteroatoms. The van der Waals surface area contributed by atoms with Crippen LogP contribution >= 0.6 is 11.3 Å². The van der Waals surface area contributed by atoms with Gasteiger partial charge >= 0.3 is 5.97 Å². The first-order valence-corrected chi connectivity index (χ1v) is 7.09. The van der Waals surface area contributed by atoms with E-state index < -0.39 is 5.97 Å². The van der Waals surface area contributed by atoms with Crippen LogP contribution in [0.2, 0.25) is 0 Å². The molecular weight excluding hydrogens is 260 g/mol. The van der Waals surface area contributed by atoms with Crippen LogP contribution < -0.4 is 4.74 Å². The van der Waals surface area contributed by atoms with Gasteiger partial charge in [0.1, 0.15) is 17.2 Å². The number of ether oxygens (including phenoxy) is 1. The molecule has 0 radical (unpaired) electrons. The first-order valence-electron chi connectivity index (χ1n) is 6.21. The highest BCUT2D eigenvalue weighted by Gasteiger charge is 2.07. The van der Waals surface area contributed by atoms with Crippen LogP contribution in [0.15, 0.2) is 35.7 Å². The molecular formula is C15H16O3S. The second kappa shape index (κ2) is 6.38. The highest BCUT2D eigenvalue weighted by atomic mass is 32.1. The molecule has 19 heavy (non-hydrogen) atoms. The number of thiophene rings is 1. The average Bonchev–Trinajstić information content (AvgIpc) is 2.87. The molecule has 2 rings (SSSR count). The van der Waals surface area contributed by atoms with Gasteiger partial charge in [-0.15, -0.1) is 11.3 Å². The van der Waals surface area contributed by atoms with E-state index in [0.717, 1.165) is 24.2 Å². The zero-order valence-corrected chi connectivity index (χ0v) is 11.6. The van der Waals surface area contributed by atoms with Crippen LogP contribution in [0.5, 0.6) is 5.75 Å². The zero-order valence-electron chi connectivity index (χ0n) is 10.8. The van der Waals surface area contributed by atoms with E-state index in [1.165, 1.54) is 16.9 Å². The third kappa shape index (κ3) is 3.83. The van der Waals surface area contributed by atoms with Gasteiger partial charge in [0.25, 0.3) is 0 Å². The van der Waals surface area contributed by atoms with E-state index >= 15 is 0 Å². The molecule has 0 fully saturated rings. The Balaban J connectivity index is 1.92. The number of hydrogen-bond donors (Lipinski definition) is 1. The molecule has 0 saturated heterocycles. The third-order valence-corrected chi connectivity index (χ3v) is 3.70. The van der Waals surface area contributed by atoms with E-state index in [4.69, 9.17) is 9.84 Å². The fourth-order valence-corrected chi connectivity index (χ4v) is 2.51. The highest BCUT2D eigenvalue weighted by molar-refractivity contribution is 7.12. The predicted octanol–water partition coefficient (Wildman–Crippen LogP) is 3.98. The molecule has 0 aliphatic heterocycles. The minimum atomic E-state index is -0.889. The van der Waals surface area contributed by atoms with Gasteiger partial charge in [-0.25, -0.2) is 4.79 Å². The summed E-state index contributed by atoms with van der Waals surface area (Å²) in [5.74, 6) is -0.0805. The van der Waals surface area contributed by atoms with Crippen molar-refractivity contribution in [3.05, 3.63) is 51.7 Å². The number of rotatable bonds is 6. The van der Waals surface area contributed by atoms with Crippen LogP contribution in [0.4, 0.5) is 0 Å². The summed E-state index contributed by atoms with van der Waals surface area (Å²) in [7, 11) is 0. The molecule has 0 aliphatic carbocycles. The third-order valence-electron chi connectivity index (χ3n) is 2.73. The van der Waals surface area contributed by atoms with Crippen molar-refractivity contribution < 1.29 is 14.6 Å². The first-order chi connectivity index (χ1) is 9.19. The summed E-state index contributed by atoms with van der Waals surface area (Å²) in [6.45, 7) is 2.55. The summed E-state index contributed by atoms with van der Waals surface area (Å²) >= 11 is 1.22. The Morgan fingerprint density at radius 3 is 2.58 bits per heavy atom. The fourth-order valence-electron chi connectivity index (χ4n) is 1.77. The number of hydrogen-bond acceptors (Lipinski definition) is 3. The van der Waals surface area contributed by atoms with E-state index in [0.29, 0.717) is 11.5 Å². The summed E-state index contributed by atoms with van der Waals surface area (Å²) in [6, 6.07) is 9.69. The van der Waals surface area contributed by atoms with Gasteiger partial charge in [0.2, 0.25) is 0 Å². The number of aryl methyl sites for hydroxylation is 1. The maximum absolute atomic E-state index is 10.8. The van der Waals surface area contributed by atoms with Crippen molar-refractivity contribution >= 4 is 17.3 Å². The van der Waals surface area contributed by atoms with E-state index in [-0.39, 0.29) is 0 Å². The lowest BCUT2D eigenvalue weighted by atomic mass is 10.1. The van der Waals surface area contributed by atoms with Crippen molar-refractivity contribution in [3.63, 3.8) is 0 Å². The van der Waals surface area contributed by atoms with E-state index in [2.05, 4.69) is 19.1 Å². The number of aromatic carboxylic acids is 1. The van der Waals surface area contributed by atoms with E-state index in [9.17, 15) is 4.79 Å². The molecule has 0 saturated carbocycles. The maximum Gasteiger partial charge on any atom is 0.345 e. The van der Waals surface area contributed by atoms with Gasteiger partial charge in [0, 0.05) is 5.56 Å². The topological polar surface area (TPSA) is 46.5 Å². The smallest absolute Gasteiger partial charge is 0.345 e. The molecule has 100 valence electrons. The Kier molecular flexibility index (Phi) is 4.58. The normalized spacial score (nSPS) is 10.4. The van der Waals surface area contributed by atoms with Crippen molar-refractivity contribution in [2.75, 3.05) is 0 Å². The largest absolute Gasteiger partial charge is 0.489 e. The van der Waals surface area contributed by atoms with Gasteiger partial charge < -0.3 is 9.84 Å². The second-order valence-corrected chi connectivity index (χ2v) is 5.22. The molecule has 0 atom stereocenters. The van der Waals surface area contributed by atoms with Crippen molar-refractivity contribution in [3.8, 4) is 5.75 Å². The number of carboxylic acid groups (broad SMARTS) is 1. The van der Waals surface area contributed by atoms with E-state index in [1.54, 1.807) is 6.07 Å². The van der Waals surface area contributed by atoms with Crippen molar-refractivity contribution in [2.24, 2.45) is 0 Å². The highest BCUT2D eigenvalue weighted by Crippen LogP contribution is 2.18. The lowest BCUT2D eigenvalue weighted by Crippen LogP contribution is -1.95. The molecule has 0 aliphatic rings. The van der Waals surface area contributed by atoms with Gasteiger partial charge in [-0.2, -0.15) is 0 Å². The molecule has 0 spiro atoms. The second-order valence-electron chi connectivity index (χ2n) is 4.31. The van der Waals surface area contributed by atoms with Crippen LogP contribution in [0.3, 0.4) is 0 Å². The zero-order chi connectivity index (χ0) is 13.7. The number of carbonyl (C=O) groups is 1. The van der Waals surface area contributed by atoms with Gasteiger partial charge in [0.05, 0.1) is 0 Å². The van der Waals surface area contributed by atoms with Gasteiger partial charge in [-0.3, -0.25) is 0 Å². The Morgan fingerprint density at radius 2 is 2.00 bits per heavy atom. The predicted molar refractivity (Wildman–Crippen MR) is 76.0 cm³/mol. The monoisotopic (exact) mass is 276 g/mol. The molecule has 1 aromatic heterocycles. The lowest BCUT2D eigenvalue weighted by Gasteiger charge is -2.05. The minimum Gasteiger partial charge on any atom is -0.489 e. The van der Waals surface area contributed by atoms with Crippen LogP contribution in [-0.2, 0) is 13.0 Å². The van der Waals surface area contributed by atoms with Crippen LogP contribution in [0.1, 0.15) is 34.1 Å². The molecule has 1 aromatic carbocycles. The molecule has 2 aromatic rings. The average molecular weight is 276 g/mol. The molecule has 1 heterocycles. The molecule has 0 amide bonds. The summed E-state index contributed by atoms with van der Waals surface area (Å²) in [5.41, 5.74) is 2.19. The quantitative estimate of drug-likeness (QED) is 0.868. The summed E-state index contributed by atoms with van der Waals surface area (Å²) < 4.78 is 5.63. The minimum absolute atomic E-state index is 0.344. The summed E-state index contributed by atoms with van der Waals surface area (Å²) in [4.78, 5) is 11.1. The van der Waals surface area contributed by atoms with Gasteiger partial charge in [-0.05, 0) is 35.6 Å². The van der Waals surface area contributed by atoms with Crippen LogP contribution in [0, 0.1) is 0 Å². The SMILES string of the molecule is CCCc1ccc(OCc2csc(C(=O)O)c2)cc1. The van der Waals surface area contributed by atoms with Crippen molar-refractivity contribution in [2.45, 2.75) is 26.4 Å². The summed E-state index contributed by atoms with van der Waals surface area (Å²) in [5, 5.41) is 10.6. The lowest BCUT2D eigenvalue weighted by molar-refractivity contribution is 0.0702. The number of carboxylic acids is 1. The Bertz CT molecular complexity index is 543. The first kappa shape index (κ1) is 13.6. The van der Waals surface area contributed by atoms with Gasteiger partial charge in [0.15, 0.2) is 0 Å². The molecule has 0 bridgehead atoms. The van der Waals surface area contributed by atoms with Gasteiger partial charge in [-0.1, -0.05) is 25.5 Å². The van der Waals surface area contributed by atoms with Crippen LogP contribution in [-0.4, -0.2) is 11.1 Å². The molecule has 0 unspecified atom stereocenters. The Morgan fingerprint density at radius 1 is 1.26 bits per heavy atom. The fraction of sp³-hybridized carbons (Fsp3) is 0.267. The standard InChI is InChI=1S/C15H16O3S/c1-2-3-11-4-6-13(7-5-11)18-9-12-8-14(15(16)17)19-10-12/h4-8,10H,2-3,9H2,1H3,(H,16,17).